The van der Waals surface area contributed by atoms with E-state index in [-0.39, 0.29) is 18.7 Å². The molecule has 0 spiro atoms. The number of aryl methyl sites for hydroxylation is 1. The van der Waals surface area contributed by atoms with Crippen molar-refractivity contribution >= 4 is 22.7 Å². The summed E-state index contributed by atoms with van der Waals surface area (Å²) in [4.78, 5) is 41.3. The first kappa shape index (κ1) is 21.8. The fraction of sp³-hybridized carbons (Fsp3) is 0.120. The molecule has 0 aliphatic carbocycles. The predicted molar refractivity (Wildman–Crippen MR) is 124 cm³/mol. The van der Waals surface area contributed by atoms with E-state index in [4.69, 9.17) is 4.74 Å². The van der Waals surface area contributed by atoms with Crippen molar-refractivity contribution in [2.75, 3.05) is 6.61 Å². The molecule has 8 nitrogen and oxygen atoms in total. The van der Waals surface area contributed by atoms with Gasteiger partial charge >= 0.3 is 0 Å². The highest BCUT2D eigenvalue weighted by Crippen LogP contribution is 2.29. The van der Waals surface area contributed by atoms with Gasteiger partial charge in [0.25, 0.3) is 17.4 Å². The highest BCUT2D eigenvalue weighted by molar-refractivity contribution is 5.84. The molecule has 0 aliphatic heterocycles. The quantitative estimate of drug-likeness (QED) is 0.447. The number of nitrogens with zero attached hydrogens (tertiary/aromatic N) is 2. The number of fused-ring (bicyclic) bond motifs is 1. The molecule has 2 N–H and O–H groups in total. The van der Waals surface area contributed by atoms with Crippen LogP contribution in [0, 0.1) is 6.92 Å². The summed E-state index contributed by atoms with van der Waals surface area (Å²) in [5.41, 5.74) is 7.56. The third-order valence-corrected chi connectivity index (χ3v) is 5.04. The minimum Gasteiger partial charge on any atom is -0.483 e. The SMILES string of the molecule is Cc1cccc2c(=O)n(CC(=O)NNC(=O)COc3ccccc3-c3ccccc3)cnc12. The van der Waals surface area contributed by atoms with Crippen molar-refractivity contribution in [3.63, 3.8) is 0 Å². The van der Waals surface area contributed by atoms with E-state index in [0.29, 0.717) is 16.7 Å². The van der Waals surface area contributed by atoms with Crippen LogP contribution < -0.4 is 21.1 Å². The summed E-state index contributed by atoms with van der Waals surface area (Å²) in [7, 11) is 0. The molecule has 4 aromatic rings. The van der Waals surface area contributed by atoms with Gasteiger partial charge in [-0.15, -0.1) is 0 Å². The molecular weight excluding hydrogens is 420 g/mol. The van der Waals surface area contributed by atoms with Gasteiger partial charge in [-0.25, -0.2) is 4.98 Å². The van der Waals surface area contributed by atoms with Crippen molar-refractivity contribution in [2.24, 2.45) is 0 Å². The Morgan fingerprint density at radius 2 is 1.64 bits per heavy atom. The standard InChI is InChI=1S/C25H22N4O4/c1-17-8-7-12-20-24(17)26-16-29(25(20)32)14-22(30)27-28-23(31)15-33-21-13-6-5-11-19(21)18-9-3-2-4-10-18/h2-13,16H,14-15H2,1H3,(H,27,30)(H,28,31). The Bertz CT molecular complexity index is 1370. The smallest absolute Gasteiger partial charge is 0.276 e. The van der Waals surface area contributed by atoms with E-state index in [2.05, 4.69) is 15.8 Å². The molecule has 1 aromatic heterocycles. The number of hydrazine groups is 1. The summed E-state index contributed by atoms with van der Waals surface area (Å²) < 4.78 is 6.84. The van der Waals surface area contributed by atoms with Crippen LogP contribution in [0.1, 0.15) is 5.56 Å². The zero-order chi connectivity index (χ0) is 23.2. The normalized spacial score (nSPS) is 10.6. The van der Waals surface area contributed by atoms with Gasteiger partial charge in [-0.05, 0) is 30.2 Å². The van der Waals surface area contributed by atoms with E-state index < -0.39 is 11.8 Å². The van der Waals surface area contributed by atoms with Crippen LogP contribution >= 0.6 is 0 Å². The van der Waals surface area contributed by atoms with E-state index in [9.17, 15) is 14.4 Å². The largest absolute Gasteiger partial charge is 0.483 e. The molecule has 166 valence electrons. The Kier molecular flexibility index (Phi) is 6.45. The lowest BCUT2D eigenvalue weighted by Crippen LogP contribution is -2.46. The second kappa shape index (κ2) is 9.78. The Labute approximate surface area is 189 Å². The monoisotopic (exact) mass is 442 g/mol. The fourth-order valence-corrected chi connectivity index (χ4v) is 3.41. The van der Waals surface area contributed by atoms with Gasteiger partial charge in [0.2, 0.25) is 0 Å². The van der Waals surface area contributed by atoms with Crippen LogP contribution in [-0.2, 0) is 16.1 Å². The number of ether oxygens (including phenoxy) is 1. The van der Waals surface area contributed by atoms with Gasteiger partial charge in [0.05, 0.1) is 17.2 Å². The third-order valence-electron chi connectivity index (χ3n) is 5.04. The number of carbonyl (C=O) groups excluding carboxylic acids is 2. The van der Waals surface area contributed by atoms with Crippen molar-refractivity contribution in [3.05, 3.63) is 95.0 Å². The average Bonchev–Trinajstić information content (AvgIpc) is 2.84. The first-order chi connectivity index (χ1) is 16.0. The van der Waals surface area contributed by atoms with Crippen LogP contribution in [0.4, 0.5) is 0 Å². The topological polar surface area (TPSA) is 102 Å². The van der Waals surface area contributed by atoms with Gasteiger partial charge in [0.15, 0.2) is 6.61 Å². The fourth-order valence-electron chi connectivity index (χ4n) is 3.41. The minimum atomic E-state index is -0.566. The van der Waals surface area contributed by atoms with Crippen LogP contribution in [0.5, 0.6) is 5.75 Å². The van der Waals surface area contributed by atoms with Gasteiger partial charge < -0.3 is 4.74 Å². The first-order valence-corrected chi connectivity index (χ1v) is 10.3. The van der Waals surface area contributed by atoms with Crippen molar-refractivity contribution in [1.29, 1.82) is 0 Å². The van der Waals surface area contributed by atoms with Crippen molar-refractivity contribution < 1.29 is 14.3 Å². The second-order valence-electron chi connectivity index (χ2n) is 7.40. The van der Waals surface area contributed by atoms with Crippen LogP contribution in [0.3, 0.4) is 0 Å². The molecule has 0 unspecified atom stereocenters. The summed E-state index contributed by atoms with van der Waals surface area (Å²) in [5, 5.41) is 0.430. The number of carbonyl (C=O) groups is 2. The highest BCUT2D eigenvalue weighted by Gasteiger charge is 2.11. The minimum absolute atomic E-state index is 0.284. The van der Waals surface area contributed by atoms with Gasteiger partial charge in [0, 0.05) is 5.56 Å². The molecule has 0 atom stereocenters. The molecule has 0 saturated heterocycles. The lowest BCUT2D eigenvalue weighted by Gasteiger charge is -2.12. The number of benzene rings is 3. The summed E-state index contributed by atoms with van der Waals surface area (Å²) in [5.74, 6) is -0.552. The Morgan fingerprint density at radius 1 is 0.909 bits per heavy atom. The van der Waals surface area contributed by atoms with E-state index in [1.807, 2.05) is 61.5 Å². The number of rotatable bonds is 6. The first-order valence-electron chi connectivity index (χ1n) is 10.3. The zero-order valence-corrected chi connectivity index (χ0v) is 17.9. The van der Waals surface area contributed by atoms with Crippen LogP contribution in [-0.4, -0.2) is 28.0 Å². The average molecular weight is 442 g/mol. The molecule has 0 aliphatic rings. The van der Waals surface area contributed by atoms with Crippen LogP contribution in [0.2, 0.25) is 0 Å². The number of nitrogens with one attached hydrogen (secondary N) is 2. The molecular formula is C25H22N4O4. The molecule has 0 saturated carbocycles. The number of hydrogen-bond acceptors (Lipinski definition) is 5. The van der Waals surface area contributed by atoms with Gasteiger partial charge in [0.1, 0.15) is 12.3 Å². The summed E-state index contributed by atoms with van der Waals surface area (Å²) in [6, 6.07) is 22.3. The molecule has 1 heterocycles. The summed E-state index contributed by atoms with van der Waals surface area (Å²) >= 11 is 0. The number of para-hydroxylation sites is 2. The van der Waals surface area contributed by atoms with Crippen molar-refractivity contribution in [3.8, 4) is 16.9 Å². The van der Waals surface area contributed by atoms with E-state index in [1.54, 1.807) is 18.2 Å². The molecule has 2 amide bonds. The molecule has 0 fully saturated rings. The summed E-state index contributed by atoms with van der Waals surface area (Å²) in [6.45, 7) is 1.29. The molecule has 4 rings (SSSR count). The van der Waals surface area contributed by atoms with Gasteiger partial charge in [-0.2, -0.15) is 0 Å². The molecule has 33 heavy (non-hydrogen) atoms. The number of aromatic nitrogens is 2. The lowest BCUT2D eigenvalue weighted by atomic mass is 10.1. The predicted octanol–water partition coefficient (Wildman–Crippen LogP) is 2.60. The van der Waals surface area contributed by atoms with Crippen LogP contribution in [0.25, 0.3) is 22.0 Å². The van der Waals surface area contributed by atoms with Gasteiger partial charge in [-0.3, -0.25) is 29.8 Å². The van der Waals surface area contributed by atoms with E-state index in [1.165, 1.54) is 10.9 Å². The highest BCUT2D eigenvalue weighted by atomic mass is 16.5. The molecule has 3 aromatic carbocycles. The van der Waals surface area contributed by atoms with Gasteiger partial charge in [-0.1, -0.05) is 60.7 Å². The Morgan fingerprint density at radius 3 is 2.45 bits per heavy atom. The maximum atomic E-state index is 12.6. The maximum Gasteiger partial charge on any atom is 0.276 e. The zero-order valence-electron chi connectivity index (χ0n) is 17.9. The molecule has 0 bridgehead atoms. The van der Waals surface area contributed by atoms with Crippen molar-refractivity contribution in [1.82, 2.24) is 20.4 Å². The van der Waals surface area contributed by atoms with Crippen LogP contribution in [0.15, 0.2) is 83.9 Å². The number of hydrogen-bond donors (Lipinski definition) is 2. The van der Waals surface area contributed by atoms with E-state index in [0.717, 1.165) is 16.7 Å². The van der Waals surface area contributed by atoms with E-state index >= 15 is 0 Å². The summed E-state index contributed by atoms with van der Waals surface area (Å²) in [6.07, 6.45) is 1.32. The number of amides is 2. The molecule has 0 radical (unpaired) electrons. The van der Waals surface area contributed by atoms with Crippen molar-refractivity contribution in [2.45, 2.75) is 13.5 Å². The third kappa shape index (κ3) is 5.07. The Balaban J connectivity index is 1.33. The Hall–Kier alpha value is -4.46. The maximum absolute atomic E-state index is 12.6. The second-order valence-corrected chi connectivity index (χ2v) is 7.40. The molecule has 8 heteroatoms. The lowest BCUT2D eigenvalue weighted by molar-refractivity contribution is -0.130.